The predicted octanol–water partition coefficient (Wildman–Crippen LogP) is 3.94. The number of anilines is 2. The van der Waals surface area contributed by atoms with E-state index < -0.39 is 42.5 Å². The van der Waals surface area contributed by atoms with Crippen LogP contribution in [-0.2, 0) is 25.5 Å². The summed E-state index contributed by atoms with van der Waals surface area (Å²) in [6.45, 7) is 1.49. The quantitative estimate of drug-likeness (QED) is 0.400. The summed E-state index contributed by atoms with van der Waals surface area (Å²) in [5.74, 6) is -2.62. The first-order chi connectivity index (χ1) is 19.4. The Kier molecular flexibility index (Phi) is 7.82. The zero-order valence-corrected chi connectivity index (χ0v) is 23.2. The largest absolute Gasteiger partial charge is 0.456 e. The van der Waals surface area contributed by atoms with E-state index >= 15 is 0 Å². The van der Waals surface area contributed by atoms with Gasteiger partial charge in [-0.1, -0.05) is 23.7 Å². The van der Waals surface area contributed by atoms with Gasteiger partial charge in [-0.25, -0.2) is 9.50 Å². The van der Waals surface area contributed by atoms with Gasteiger partial charge in [-0.05, 0) is 37.0 Å². The van der Waals surface area contributed by atoms with Gasteiger partial charge >= 0.3 is 12.1 Å². The lowest BCUT2D eigenvalue weighted by molar-refractivity contribution is -0.190. The number of nitrogens with zero attached hydrogens (tertiary/aromatic N) is 6. The van der Waals surface area contributed by atoms with Gasteiger partial charge in [-0.15, -0.1) is 0 Å². The average Bonchev–Trinajstić information content (AvgIpc) is 3.57. The summed E-state index contributed by atoms with van der Waals surface area (Å²) in [6.07, 6.45) is -1.26. The number of aromatic nitrogens is 3. The molecule has 0 bridgehead atoms. The number of esters is 1. The van der Waals surface area contributed by atoms with Gasteiger partial charge < -0.3 is 19.4 Å². The number of hydrogen-bond acceptors (Lipinski definition) is 7. The number of alkyl halides is 3. The summed E-state index contributed by atoms with van der Waals surface area (Å²) in [4.78, 5) is 44.8. The topological polar surface area (TPSA) is 100 Å². The minimum atomic E-state index is -4.73. The molecule has 5 rings (SSSR count). The number of carbonyl (C=O) groups excluding carboxylic acids is 3. The van der Waals surface area contributed by atoms with Crippen molar-refractivity contribution in [2.75, 3.05) is 38.2 Å². The van der Waals surface area contributed by atoms with E-state index in [4.69, 9.17) is 16.3 Å². The van der Waals surface area contributed by atoms with Gasteiger partial charge in [-0.2, -0.15) is 18.3 Å². The Bertz CT molecular complexity index is 1480. The minimum Gasteiger partial charge on any atom is -0.456 e. The minimum absolute atomic E-state index is 0.0378. The van der Waals surface area contributed by atoms with E-state index in [9.17, 15) is 27.6 Å². The first kappa shape index (κ1) is 28.7. The van der Waals surface area contributed by atoms with Gasteiger partial charge in [0.2, 0.25) is 5.91 Å². The Hall–Kier alpha value is -3.87. The molecule has 0 radical (unpaired) electrons. The van der Waals surface area contributed by atoms with Crippen LogP contribution in [0, 0.1) is 5.92 Å². The molecule has 3 aromatic rings. The van der Waals surface area contributed by atoms with Crippen molar-refractivity contribution in [1.29, 1.82) is 0 Å². The maximum Gasteiger partial charge on any atom is 0.413 e. The van der Waals surface area contributed by atoms with E-state index in [-0.39, 0.29) is 25.1 Å². The first-order valence-electron chi connectivity index (χ1n) is 13.1. The Balaban J connectivity index is 1.34. The number of rotatable bonds is 6. The van der Waals surface area contributed by atoms with E-state index in [1.165, 1.54) is 24.0 Å². The van der Waals surface area contributed by atoms with Crippen molar-refractivity contribution < 1.29 is 32.3 Å². The van der Waals surface area contributed by atoms with E-state index in [1.54, 1.807) is 28.9 Å². The van der Waals surface area contributed by atoms with Crippen molar-refractivity contribution in [3.05, 3.63) is 52.9 Å². The molecule has 2 aromatic heterocycles. The highest BCUT2D eigenvalue weighted by Gasteiger charge is 2.47. The zero-order chi connectivity index (χ0) is 29.5. The van der Waals surface area contributed by atoms with E-state index in [0.717, 1.165) is 31.3 Å². The Morgan fingerprint density at radius 1 is 1.20 bits per heavy atom. The van der Waals surface area contributed by atoms with Crippen molar-refractivity contribution in [3.8, 4) is 0 Å². The summed E-state index contributed by atoms with van der Waals surface area (Å²) in [7, 11) is 1.13. The third-order valence-corrected chi connectivity index (χ3v) is 7.66. The van der Waals surface area contributed by atoms with Crippen LogP contribution in [0.2, 0.25) is 5.15 Å². The number of hydrogen-bond donors (Lipinski definition) is 0. The molecule has 1 aromatic carbocycles. The molecule has 2 aliphatic heterocycles. The SMILES string of the molecule is CC(=O)OCC(=O)N1CCC(C(=O)N(C)[C@@H](c2ccc(N3CCCc4c3cnc3cc(Cl)nn43)cc2)C(F)(F)F)C1. The molecular weight excluding hydrogens is 565 g/mol. The van der Waals surface area contributed by atoms with Crippen molar-refractivity contribution >= 4 is 46.4 Å². The number of aryl methyl sites for hydroxylation is 1. The number of carbonyl (C=O) groups is 3. The fraction of sp³-hybridized carbons (Fsp3) is 0.444. The molecule has 1 saturated heterocycles. The highest BCUT2D eigenvalue weighted by atomic mass is 35.5. The molecule has 2 atom stereocenters. The summed E-state index contributed by atoms with van der Waals surface area (Å²) in [5, 5.41) is 4.63. The zero-order valence-electron chi connectivity index (χ0n) is 22.4. The Morgan fingerprint density at radius 3 is 2.61 bits per heavy atom. The van der Waals surface area contributed by atoms with E-state index in [1.807, 2.05) is 4.90 Å². The molecule has 0 spiro atoms. The van der Waals surface area contributed by atoms with Crippen molar-refractivity contribution in [3.63, 3.8) is 0 Å². The van der Waals surface area contributed by atoms with Crippen LogP contribution in [-0.4, -0.2) is 81.6 Å². The summed E-state index contributed by atoms with van der Waals surface area (Å²) < 4.78 is 49.4. The van der Waals surface area contributed by atoms with Crippen LogP contribution < -0.4 is 4.90 Å². The number of benzene rings is 1. The third kappa shape index (κ3) is 5.81. The highest BCUT2D eigenvalue weighted by molar-refractivity contribution is 6.29. The Morgan fingerprint density at radius 2 is 1.93 bits per heavy atom. The van der Waals surface area contributed by atoms with Gasteiger partial charge in [0.25, 0.3) is 5.91 Å². The van der Waals surface area contributed by atoms with Crippen LogP contribution in [0.25, 0.3) is 5.65 Å². The number of halogens is 4. The summed E-state index contributed by atoms with van der Waals surface area (Å²) in [5.41, 5.74) is 2.92. The molecule has 4 heterocycles. The van der Waals surface area contributed by atoms with Crippen LogP contribution in [0.15, 0.2) is 36.5 Å². The van der Waals surface area contributed by atoms with Crippen molar-refractivity contribution in [2.24, 2.45) is 5.92 Å². The maximum absolute atomic E-state index is 14.3. The molecule has 218 valence electrons. The molecule has 10 nitrogen and oxygen atoms in total. The first-order valence-corrected chi connectivity index (χ1v) is 13.5. The lowest BCUT2D eigenvalue weighted by Gasteiger charge is -2.33. The van der Waals surface area contributed by atoms with Gasteiger partial charge in [0.05, 0.1) is 23.5 Å². The second kappa shape index (κ2) is 11.2. The normalized spacial score (nSPS) is 17.9. The lowest BCUT2D eigenvalue weighted by atomic mass is 10.0. The maximum atomic E-state index is 14.3. The molecule has 0 saturated carbocycles. The predicted molar refractivity (Wildman–Crippen MR) is 143 cm³/mol. The highest BCUT2D eigenvalue weighted by Crippen LogP contribution is 2.40. The molecular formula is C27H28ClF3N6O4. The summed E-state index contributed by atoms with van der Waals surface area (Å²) >= 11 is 6.06. The number of fused-ring (bicyclic) bond motifs is 3. The van der Waals surface area contributed by atoms with E-state index in [0.29, 0.717) is 27.9 Å². The Labute approximate surface area is 238 Å². The van der Waals surface area contributed by atoms with Gasteiger partial charge in [0.15, 0.2) is 23.4 Å². The molecule has 41 heavy (non-hydrogen) atoms. The number of amides is 2. The molecule has 0 N–H and O–H groups in total. The smallest absolute Gasteiger partial charge is 0.413 e. The molecule has 0 aliphatic carbocycles. The summed E-state index contributed by atoms with van der Waals surface area (Å²) in [6, 6.07) is 5.46. The molecule has 1 fully saturated rings. The fourth-order valence-electron chi connectivity index (χ4n) is 5.52. The van der Waals surface area contributed by atoms with Gasteiger partial charge in [0, 0.05) is 45.4 Å². The number of ether oxygens (including phenoxy) is 1. The van der Waals surface area contributed by atoms with Gasteiger partial charge in [0.1, 0.15) is 0 Å². The second-order valence-corrected chi connectivity index (χ2v) is 10.6. The monoisotopic (exact) mass is 592 g/mol. The van der Waals surface area contributed by atoms with Crippen LogP contribution >= 0.6 is 11.6 Å². The third-order valence-electron chi connectivity index (χ3n) is 7.47. The van der Waals surface area contributed by atoms with Crippen LogP contribution in [0.3, 0.4) is 0 Å². The van der Waals surface area contributed by atoms with Gasteiger partial charge in [-0.3, -0.25) is 14.4 Å². The molecule has 2 amide bonds. The fourth-order valence-corrected chi connectivity index (χ4v) is 5.70. The van der Waals surface area contributed by atoms with Crippen LogP contribution in [0.5, 0.6) is 0 Å². The van der Waals surface area contributed by atoms with E-state index in [2.05, 4.69) is 10.1 Å². The van der Waals surface area contributed by atoms with Crippen LogP contribution in [0.1, 0.15) is 37.1 Å². The molecule has 2 aliphatic rings. The van der Waals surface area contributed by atoms with Crippen LogP contribution in [0.4, 0.5) is 24.5 Å². The average molecular weight is 593 g/mol. The number of likely N-dealkylation sites (tertiary alicyclic amines) is 1. The molecule has 1 unspecified atom stereocenters. The van der Waals surface area contributed by atoms with Crippen molar-refractivity contribution in [2.45, 2.75) is 38.4 Å². The van der Waals surface area contributed by atoms with Crippen molar-refractivity contribution in [1.82, 2.24) is 24.4 Å². The standard InChI is InChI=1S/C27H28ClF3N6O4/c1-16(38)41-15-24(39)35-11-9-18(14-35)26(40)34(2)25(27(29,30)31)17-5-7-19(8-6-17)36-10-3-4-20-21(36)13-32-23-12-22(28)33-37(20)23/h5-8,12-13,18,25H,3-4,9-11,14-15H2,1-2H3/t18?,25-/m0/s1. The second-order valence-electron chi connectivity index (χ2n) is 10.2. The lowest BCUT2D eigenvalue weighted by Crippen LogP contribution is -2.43. The molecule has 14 heteroatoms.